The second-order valence-electron chi connectivity index (χ2n) is 3.09. The molecule has 0 fully saturated rings. The number of methoxy groups -OCH3 is 1. The van der Waals surface area contributed by atoms with Gasteiger partial charge in [-0.2, -0.15) is 5.10 Å². The predicted molar refractivity (Wildman–Crippen MR) is 68.5 cm³/mol. The van der Waals surface area contributed by atoms with Gasteiger partial charge in [0.25, 0.3) is 0 Å². The number of nitrogens with one attached hydrogen (secondary N) is 1. The number of rotatable bonds is 4. The minimum absolute atomic E-state index is 0.783. The van der Waals surface area contributed by atoms with Crippen LogP contribution in [0.5, 0.6) is 5.75 Å². The Labute approximate surface area is 98.4 Å². The van der Waals surface area contributed by atoms with Gasteiger partial charge in [-0.15, -0.1) is 11.3 Å². The Morgan fingerprint density at radius 2 is 2.12 bits per heavy atom. The molecule has 82 valence electrons. The lowest BCUT2D eigenvalue weighted by Gasteiger charge is -2.05. The summed E-state index contributed by atoms with van der Waals surface area (Å²) in [7, 11) is 1.64. The van der Waals surface area contributed by atoms with Crippen LogP contribution in [0, 0.1) is 0 Å². The summed E-state index contributed by atoms with van der Waals surface area (Å²) in [6.07, 6.45) is 1.79. The molecule has 0 unspecified atom stereocenters. The second kappa shape index (κ2) is 5.32. The van der Waals surface area contributed by atoms with Crippen LogP contribution < -0.4 is 10.2 Å². The van der Waals surface area contributed by atoms with Crippen molar-refractivity contribution in [1.29, 1.82) is 0 Å². The number of nitrogens with zero attached hydrogens (tertiary/aromatic N) is 1. The van der Waals surface area contributed by atoms with Gasteiger partial charge in [0.1, 0.15) is 5.75 Å². The van der Waals surface area contributed by atoms with Gasteiger partial charge in [0.15, 0.2) is 0 Å². The van der Waals surface area contributed by atoms with Crippen molar-refractivity contribution in [1.82, 2.24) is 0 Å². The van der Waals surface area contributed by atoms with E-state index in [9.17, 15) is 0 Å². The van der Waals surface area contributed by atoms with E-state index in [1.54, 1.807) is 24.7 Å². The quantitative estimate of drug-likeness (QED) is 0.648. The van der Waals surface area contributed by atoms with Gasteiger partial charge >= 0.3 is 0 Å². The second-order valence-corrected chi connectivity index (χ2v) is 4.06. The number of hydrogen-bond donors (Lipinski definition) is 1. The van der Waals surface area contributed by atoms with Gasteiger partial charge in [0.2, 0.25) is 0 Å². The maximum absolute atomic E-state index is 5.20. The summed E-state index contributed by atoms with van der Waals surface area (Å²) in [4.78, 5) is 1.11. The van der Waals surface area contributed by atoms with Crippen molar-refractivity contribution in [2.75, 3.05) is 12.5 Å². The molecule has 1 aromatic heterocycles. The van der Waals surface area contributed by atoms with E-state index in [2.05, 4.69) is 10.5 Å². The van der Waals surface area contributed by atoms with Gasteiger partial charge in [-0.1, -0.05) is 18.2 Å². The minimum atomic E-state index is 0.783. The van der Waals surface area contributed by atoms with E-state index in [1.807, 2.05) is 41.8 Å². The third-order valence-corrected chi connectivity index (χ3v) is 2.83. The van der Waals surface area contributed by atoms with Crippen molar-refractivity contribution in [3.63, 3.8) is 0 Å². The lowest BCUT2D eigenvalue weighted by molar-refractivity contribution is 0.416. The van der Waals surface area contributed by atoms with Crippen molar-refractivity contribution in [2.45, 2.75) is 0 Å². The molecular weight excluding hydrogens is 220 g/mol. The van der Waals surface area contributed by atoms with Crippen molar-refractivity contribution >= 4 is 23.2 Å². The fourth-order valence-corrected chi connectivity index (χ4v) is 1.85. The van der Waals surface area contributed by atoms with E-state index in [1.165, 1.54) is 0 Å². The normalized spacial score (nSPS) is 10.6. The zero-order valence-electron chi connectivity index (χ0n) is 8.88. The molecule has 0 aliphatic carbocycles. The molecular formula is C12H12N2OS. The largest absolute Gasteiger partial charge is 0.495 e. The van der Waals surface area contributed by atoms with E-state index in [-0.39, 0.29) is 0 Å². The molecule has 2 rings (SSSR count). The molecule has 0 aliphatic rings. The number of para-hydroxylation sites is 2. The van der Waals surface area contributed by atoms with E-state index >= 15 is 0 Å². The lowest BCUT2D eigenvalue weighted by Crippen LogP contribution is -1.93. The molecule has 0 saturated carbocycles. The van der Waals surface area contributed by atoms with Gasteiger partial charge in [-0.05, 0) is 23.6 Å². The van der Waals surface area contributed by atoms with Crippen LogP contribution in [-0.2, 0) is 0 Å². The van der Waals surface area contributed by atoms with Crippen LogP contribution in [0.2, 0.25) is 0 Å². The fraction of sp³-hybridized carbons (Fsp3) is 0.0833. The molecule has 0 saturated heterocycles. The Hall–Kier alpha value is -1.81. The first kappa shape index (κ1) is 10.7. The maximum atomic E-state index is 5.20. The van der Waals surface area contributed by atoms with Crippen LogP contribution in [0.25, 0.3) is 0 Å². The molecule has 0 spiro atoms. The van der Waals surface area contributed by atoms with E-state index in [0.29, 0.717) is 0 Å². The number of ether oxygens (including phenoxy) is 1. The molecule has 1 aromatic carbocycles. The summed E-state index contributed by atoms with van der Waals surface area (Å²) >= 11 is 1.65. The summed E-state index contributed by atoms with van der Waals surface area (Å²) in [6.45, 7) is 0. The van der Waals surface area contributed by atoms with Crippen LogP contribution in [0.3, 0.4) is 0 Å². The first-order chi connectivity index (χ1) is 7.90. The Morgan fingerprint density at radius 3 is 2.88 bits per heavy atom. The Balaban J connectivity index is 2.04. The molecule has 1 heterocycles. The molecule has 0 amide bonds. The third-order valence-electron chi connectivity index (χ3n) is 2.03. The van der Waals surface area contributed by atoms with Crippen LogP contribution in [-0.4, -0.2) is 13.3 Å². The molecule has 0 bridgehead atoms. The number of hydrogen-bond acceptors (Lipinski definition) is 4. The Morgan fingerprint density at radius 1 is 1.25 bits per heavy atom. The Bertz CT molecular complexity index is 466. The highest BCUT2D eigenvalue weighted by Crippen LogP contribution is 2.22. The van der Waals surface area contributed by atoms with Gasteiger partial charge in [0, 0.05) is 4.88 Å². The highest BCUT2D eigenvalue weighted by atomic mass is 32.1. The fourth-order valence-electron chi connectivity index (χ4n) is 1.27. The summed E-state index contributed by atoms with van der Waals surface area (Å²) in [6, 6.07) is 11.7. The average Bonchev–Trinajstić information content (AvgIpc) is 2.83. The molecule has 16 heavy (non-hydrogen) atoms. The highest BCUT2D eigenvalue weighted by Gasteiger charge is 1.98. The zero-order valence-corrected chi connectivity index (χ0v) is 9.70. The van der Waals surface area contributed by atoms with Gasteiger partial charge in [-0.3, -0.25) is 5.43 Å². The number of thiophene rings is 1. The van der Waals surface area contributed by atoms with Crippen molar-refractivity contribution in [3.05, 3.63) is 46.7 Å². The minimum Gasteiger partial charge on any atom is -0.495 e. The van der Waals surface area contributed by atoms with Crippen molar-refractivity contribution in [2.24, 2.45) is 5.10 Å². The van der Waals surface area contributed by atoms with Crippen molar-refractivity contribution < 1.29 is 4.74 Å². The van der Waals surface area contributed by atoms with Crippen LogP contribution in [0.15, 0.2) is 46.9 Å². The van der Waals surface area contributed by atoms with Gasteiger partial charge in [-0.25, -0.2) is 0 Å². The predicted octanol–water partition coefficient (Wildman–Crippen LogP) is 3.20. The molecule has 0 aliphatic heterocycles. The zero-order chi connectivity index (χ0) is 11.2. The molecule has 0 radical (unpaired) electrons. The van der Waals surface area contributed by atoms with Crippen molar-refractivity contribution in [3.8, 4) is 5.75 Å². The Kier molecular flexibility index (Phi) is 3.56. The molecule has 3 nitrogen and oxygen atoms in total. The van der Waals surface area contributed by atoms with Crippen LogP contribution in [0.1, 0.15) is 4.88 Å². The SMILES string of the molecule is COc1ccccc1NN=Cc1cccs1. The number of anilines is 1. The summed E-state index contributed by atoms with van der Waals surface area (Å²) in [5.74, 6) is 0.783. The van der Waals surface area contributed by atoms with E-state index in [0.717, 1.165) is 16.3 Å². The van der Waals surface area contributed by atoms with Crippen LogP contribution in [0.4, 0.5) is 5.69 Å². The van der Waals surface area contributed by atoms with Gasteiger partial charge < -0.3 is 4.74 Å². The molecule has 1 N–H and O–H groups in total. The van der Waals surface area contributed by atoms with E-state index in [4.69, 9.17) is 4.74 Å². The lowest BCUT2D eigenvalue weighted by atomic mass is 10.3. The molecule has 2 aromatic rings. The van der Waals surface area contributed by atoms with Crippen LogP contribution >= 0.6 is 11.3 Å². The smallest absolute Gasteiger partial charge is 0.143 e. The molecule has 4 heteroatoms. The molecule has 0 atom stereocenters. The number of hydrazone groups is 1. The first-order valence-corrected chi connectivity index (χ1v) is 5.74. The van der Waals surface area contributed by atoms with Gasteiger partial charge in [0.05, 0.1) is 19.0 Å². The summed E-state index contributed by atoms with van der Waals surface area (Å²) in [5, 5.41) is 6.17. The third kappa shape index (κ3) is 2.61. The monoisotopic (exact) mass is 232 g/mol. The average molecular weight is 232 g/mol. The maximum Gasteiger partial charge on any atom is 0.143 e. The standard InChI is InChI=1S/C12H12N2OS/c1-15-12-7-3-2-6-11(12)14-13-9-10-5-4-8-16-10/h2-9,14H,1H3. The summed E-state index contributed by atoms with van der Waals surface area (Å²) < 4.78 is 5.20. The topological polar surface area (TPSA) is 33.6 Å². The summed E-state index contributed by atoms with van der Waals surface area (Å²) in [5.41, 5.74) is 3.81. The van der Waals surface area contributed by atoms with E-state index < -0.39 is 0 Å². The number of benzene rings is 1. The highest BCUT2D eigenvalue weighted by molar-refractivity contribution is 7.11. The first-order valence-electron chi connectivity index (χ1n) is 4.86.